The Morgan fingerprint density at radius 1 is 1.03 bits per heavy atom. The lowest BCUT2D eigenvalue weighted by Gasteiger charge is -2.37. The van der Waals surface area contributed by atoms with Crippen molar-refractivity contribution in [3.8, 4) is 0 Å². The van der Waals surface area contributed by atoms with Crippen LogP contribution in [0.5, 0.6) is 0 Å². The lowest BCUT2D eigenvalue weighted by molar-refractivity contribution is -0.143. The van der Waals surface area contributed by atoms with E-state index in [1.165, 1.54) is 4.31 Å². The van der Waals surface area contributed by atoms with Crippen LogP contribution >= 0.6 is 11.6 Å². The first-order valence-electron chi connectivity index (χ1n) is 10.4. The molecule has 1 amide bonds. The predicted octanol–water partition coefficient (Wildman–Crippen LogP) is 3.22. The Morgan fingerprint density at radius 3 is 2.39 bits per heavy atom. The first kappa shape index (κ1) is 22.0. The van der Waals surface area contributed by atoms with Crippen molar-refractivity contribution >= 4 is 44.3 Å². The Labute approximate surface area is 186 Å². The maximum atomic E-state index is 13.1. The van der Waals surface area contributed by atoms with Gasteiger partial charge in [-0.05, 0) is 66.6 Å². The molecule has 0 spiro atoms. The van der Waals surface area contributed by atoms with E-state index in [2.05, 4.69) is 0 Å². The molecule has 166 valence electrons. The quantitative estimate of drug-likeness (QED) is 0.733. The molecule has 7 nitrogen and oxygen atoms in total. The molecule has 1 aliphatic carbocycles. The number of benzene rings is 2. The summed E-state index contributed by atoms with van der Waals surface area (Å²) in [5.41, 5.74) is 0. The minimum atomic E-state index is -3.78. The van der Waals surface area contributed by atoms with Gasteiger partial charge in [0.2, 0.25) is 15.9 Å². The van der Waals surface area contributed by atoms with Crippen LogP contribution in [0.4, 0.5) is 0 Å². The van der Waals surface area contributed by atoms with Gasteiger partial charge in [-0.3, -0.25) is 9.59 Å². The fourth-order valence-corrected chi connectivity index (χ4v) is 6.09. The standard InChI is InChI=1S/C22H25ClN2O5S/c23-19-7-5-18-12-20(8-6-17(18)11-19)31(29,30)25-10-9-24(21(26)14-25)13-15-1-3-16(4-2-15)22(27)28/h5-8,11-12,15-16H,1-4,9-10,13-14H2,(H,27,28). The van der Waals surface area contributed by atoms with Crippen LogP contribution in [0, 0.1) is 11.8 Å². The Balaban J connectivity index is 1.40. The summed E-state index contributed by atoms with van der Waals surface area (Å²) in [7, 11) is -3.78. The fourth-order valence-electron chi connectivity index (χ4n) is 4.49. The second-order valence-electron chi connectivity index (χ2n) is 8.39. The molecule has 1 saturated carbocycles. The average molecular weight is 465 g/mol. The highest BCUT2D eigenvalue weighted by molar-refractivity contribution is 7.89. The number of halogens is 1. The van der Waals surface area contributed by atoms with Crippen LogP contribution in [0.2, 0.25) is 5.02 Å². The van der Waals surface area contributed by atoms with Gasteiger partial charge in [-0.15, -0.1) is 0 Å². The number of rotatable bonds is 5. The van der Waals surface area contributed by atoms with E-state index in [1.807, 2.05) is 0 Å². The summed E-state index contributed by atoms with van der Waals surface area (Å²) in [4.78, 5) is 25.7. The number of amides is 1. The van der Waals surface area contributed by atoms with Crippen LogP contribution in [-0.4, -0.2) is 60.8 Å². The third-order valence-electron chi connectivity index (χ3n) is 6.37. The van der Waals surface area contributed by atoms with Crippen LogP contribution in [0.15, 0.2) is 41.3 Å². The largest absolute Gasteiger partial charge is 0.481 e. The van der Waals surface area contributed by atoms with Crippen molar-refractivity contribution in [2.24, 2.45) is 11.8 Å². The van der Waals surface area contributed by atoms with E-state index in [0.717, 1.165) is 23.6 Å². The molecule has 2 aliphatic rings. The highest BCUT2D eigenvalue weighted by Gasteiger charge is 2.35. The molecule has 0 radical (unpaired) electrons. The molecule has 2 fully saturated rings. The molecule has 2 aromatic carbocycles. The van der Waals surface area contributed by atoms with Crippen molar-refractivity contribution in [1.29, 1.82) is 0 Å². The minimum absolute atomic E-state index is 0.163. The molecule has 4 rings (SSSR count). The predicted molar refractivity (Wildman–Crippen MR) is 117 cm³/mol. The van der Waals surface area contributed by atoms with E-state index in [9.17, 15) is 18.0 Å². The van der Waals surface area contributed by atoms with Gasteiger partial charge in [-0.25, -0.2) is 8.42 Å². The Kier molecular flexibility index (Phi) is 6.23. The van der Waals surface area contributed by atoms with Crippen molar-refractivity contribution in [2.75, 3.05) is 26.2 Å². The number of piperazine rings is 1. The molecule has 0 aromatic heterocycles. The zero-order valence-electron chi connectivity index (χ0n) is 17.0. The number of carboxylic acids is 1. The number of carbonyl (C=O) groups is 2. The number of aliphatic carboxylic acids is 1. The number of sulfonamides is 1. The molecule has 0 atom stereocenters. The van der Waals surface area contributed by atoms with Gasteiger partial charge < -0.3 is 10.0 Å². The first-order chi connectivity index (χ1) is 14.7. The summed E-state index contributed by atoms with van der Waals surface area (Å²) in [5, 5.41) is 11.3. The maximum Gasteiger partial charge on any atom is 0.306 e. The fraction of sp³-hybridized carbons (Fsp3) is 0.455. The topological polar surface area (TPSA) is 95.0 Å². The zero-order chi connectivity index (χ0) is 22.2. The SMILES string of the molecule is O=C(O)C1CCC(CN2CCN(S(=O)(=O)c3ccc4cc(Cl)ccc4c3)CC2=O)CC1. The van der Waals surface area contributed by atoms with Crippen molar-refractivity contribution < 1.29 is 23.1 Å². The third-order valence-corrected chi connectivity index (χ3v) is 8.45. The van der Waals surface area contributed by atoms with E-state index in [1.54, 1.807) is 41.3 Å². The molecular weight excluding hydrogens is 440 g/mol. The van der Waals surface area contributed by atoms with Crippen LogP contribution < -0.4 is 0 Å². The zero-order valence-corrected chi connectivity index (χ0v) is 18.6. The summed E-state index contributed by atoms with van der Waals surface area (Å²) in [6.45, 7) is 0.985. The molecule has 2 aromatic rings. The maximum absolute atomic E-state index is 13.1. The van der Waals surface area contributed by atoms with E-state index >= 15 is 0 Å². The summed E-state index contributed by atoms with van der Waals surface area (Å²) in [6.07, 6.45) is 2.83. The molecule has 31 heavy (non-hydrogen) atoms. The summed E-state index contributed by atoms with van der Waals surface area (Å²) in [5.74, 6) is -0.963. The van der Waals surface area contributed by atoms with Gasteiger partial charge in [-0.1, -0.05) is 23.7 Å². The van der Waals surface area contributed by atoms with Crippen molar-refractivity contribution in [2.45, 2.75) is 30.6 Å². The van der Waals surface area contributed by atoms with Gasteiger partial charge in [-0.2, -0.15) is 4.31 Å². The molecule has 1 saturated heterocycles. The van der Waals surface area contributed by atoms with E-state index in [4.69, 9.17) is 16.7 Å². The first-order valence-corrected chi connectivity index (χ1v) is 12.3. The smallest absolute Gasteiger partial charge is 0.306 e. The molecule has 1 aliphatic heterocycles. The van der Waals surface area contributed by atoms with Gasteiger partial charge in [0.15, 0.2) is 0 Å². The second kappa shape index (κ2) is 8.76. The van der Waals surface area contributed by atoms with Gasteiger partial charge in [0.1, 0.15) is 0 Å². The van der Waals surface area contributed by atoms with Gasteiger partial charge >= 0.3 is 5.97 Å². The molecule has 0 bridgehead atoms. The normalized spacial score (nSPS) is 23.3. The Morgan fingerprint density at radius 2 is 1.71 bits per heavy atom. The molecule has 9 heteroatoms. The van der Waals surface area contributed by atoms with E-state index in [-0.39, 0.29) is 35.7 Å². The van der Waals surface area contributed by atoms with Gasteiger partial charge in [0.25, 0.3) is 0 Å². The lowest BCUT2D eigenvalue weighted by Crippen LogP contribution is -2.53. The van der Waals surface area contributed by atoms with Crippen LogP contribution in [0.25, 0.3) is 10.8 Å². The van der Waals surface area contributed by atoms with E-state index in [0.29, 0.717) is 31.0 Å². The average Bonchev–Trinajstić information content (AvgIpc) is 2.75. The highest BCUT2D eigenvalue weighted by Crippen LogP contribution is 2.30. The number of hydrogen-bond donors (Lipinski definition) is 1. The summed E-state index contributed by atoms with van der Waals surface area (Å²) in [6, 6.07) is 10.1. The lowest BCUT2D eigenvalue weighted by atomic mass is 9.82. The van der Waals surface area contributed by atoms with Gasteiger partial charge in [0.05, 0.1) is 17.4 Å². The van der Waals surface area contributed by atoms with Gasteiger partial charge in [0, 0.05) is 24.7 Å². The number of fused-ring (bicyclic) bond motifs is 1. The Bertz CT molecular complexity index is 1110. The molecule has 1 heterocycles. The third kappa shape index (κ3) is 4.71. The molecular formula is C22H25ClN2O5S. The number of hydrogen-bond acceptors (Lipinski definition) is 4. The minimum Gasteiger partial charge on any atom is -0.481 e. The number of nitrogens with zero attached hydrogens (tertiary/aromatic N) is 2. The Hall–Kier alpha value is -2.16. The molecule has 1 N–H and O–H groups in total. The van der Waals surface area contributed by atoms with Crippen LogP contribution in [0.1, 0.15) is 25.7 Å². The van der Waals surface area contributed by atoms with Crippen molar-refractivity contribution in [1.82, 2.24) is 9.21 Å². The van der Waals surface area contributed by atoms with E-state index < -0.39 is 16.0 Å². The van der Waals surface area contributed by atoms with Crippen molar-refractivity contribution in [3.63, 3.8) is 0 Å². The second-order valence-corrected chi connectivity index (χ2v) is 10.8. The number of carbonyl (C=O) groups excluding carboxylic acids is 1. The summed E-state index contributed by atoms with van der Waals surface area (Å²) >= 11 is 6.00. The highest BCUT2D eigenvalue weighted by atomic mass is 35.5. The summed E-state index contributed by atoms with van der Waals surface area (Å²) < 4.78 is 27.5. The van der Waals surface area contributed by atoms with Crippen molar-refractivity contribution in [3.05, 3.63) is 41.4 Å². The van der Waals surface area contributed by atoms with Crippen LogP contribution in [0.3, 0.4) is 0 Å². The molecule has 0 unspecified atom stereocenters. The monoisotopic (exact) mass is 464 g/mol. The van der Waals surface area contributed by atoms with Crippen LogP contribution in [-0.2, 0) is 19.6 Å². The number of carboxylic acid groups (broad SMARTS) is 1.